The van der Waals surface area contributed by atoms with Crippen LogP contribution in [0.5, 0.6) is 0 Å². The van der Waals surface area contributed by atoms with Crippen LogP contribution in [0, 0.1) is 22.8 Å². The number of halogens is 7. The van der Waals surface area contributed by atoms with Crippen LogP contribution in [-0.2, 0) is 12.4 Å². The summed E-state index contributed by atoms with van der Waals surface area (Å²) in [5.41, 5.74) is 6.26. The van der Waals surface area contributed by atoms with Gasteiger partial charge in [-0.1, -0.05) is 11.6 Å². The number of hydrogen-bond donors (Lipinski definition) is 4. The molecule has 0 spiro atoms. The van der Waals surface area contributed by atoms with Gasteiger partial charge in [-0.2, -0.15) is 36.9 Å². The molecule has 0 fully saturated rings. The summed E-state index contributed by atoms with van der Waals surface area (Å²) in [6.45, 7) is 0. The number of aliphatic imine (C=N–C) groups is 1. The minimum absolute atomic E-state index is 0.109. The highest BCUT2D eigenvalue weighted by Crippen LogP contribution is 2.48. The van der Waals surface area contributed by atoms with Crippen molar-refractivity contribution in [1.29, 1.82) is 10.5 Å². The minimum atomic E-state index is -5.28. The Morgan fingerprint density at radius 2 is 1.72 bits per heavy atom. The number of pyridine rings is 1. The van der Waals surface area contributed by atoms with Crippen molar-refractivity contribution in [2.45, 2.75) is 18.4 Å². The zero-order chi connectivity index (χ0) is 24.0. The maximum Gasteiger partial charge on any atom is 0.416 e. The molecule has 1 unspecified atom stereocenters. The number of anilines is 3. The van der Waals surface area contributed by atoms with Crippen LogP contribution in [0.3, 0.4) is 0 Å². The lowest BCUT2D eigenvalue weighted by Crippen LogP contribution is -2.33. The molecule has 1 aromatic heterocycles. The van der Waals surface area contributed by atoms with Gasteiger partial charge < -0.3 is 16.8 Å². The average Bonchev–Trinajstić information content (AvgIpc) is 2.65. The van der Waals surface area contributed by atoms with Gasteiger partial charge in [0.2, 0.25) is 5.96 Å². The summed E-state index contributed by atoms with van der Waals surface area (Å²) in [7, 11) is 0. The van der Waals surface area contributed by atoms with Crippen LogP contribution < -0.4 is 22.1 Å². The summed E-state index contributed by atoms with van der Waals surface area (Å²) < 4.78 is 80.8. The number of hydrogen-bond acceptors (Lipinski definition) is 8. The number of fused-ring (bicyclic) bond motifs is 1. The molecule has 2 heterocycles. The number of alkyl halides is 6. The normalized spacial score (nSPS) is 15.7. The zero-order valence-corrected chi connectivity index (χ0v) is 16.1. The van der Waals surface area contributed by atoms with E-state index < -0.39 is 51.8 Å². The van der Waals surface area contributed by atoms with Crippen molar-refractivity contribution in [3.05, 3.63) is 45.0 Å². The Kier molecular flexibility index (Phi) is 5.44. The molecule has 2 aromatic rings. The maximum absolute atomic E-state index is 13.8. The van der Waals surface area contributed by atoms with Crippen molar-refractivity contribution in [2.75, 3.05) is 16.8 Å². The number of aromatic nitrogens is 1. The molecule has 0 radical (unpaired) electrons. The van der Waals surface area contributed by atoms with E-state index in [0.29, 0.717) is 6.07 Å². The van der Waals surface area contributed by atoms with Crippen molar-refractivity contribution in [2.24, 2.45) is 4.99 Å². The third kappa shape index (κ3) is 3.88. The first-order chi connectivity index (χ1) is 14.8. The monoisotopic (exact) mass is 474 g/mol. The van der Waals surface area contributed by atoms with E-state index in [4.69, 9.17) is 28.3 Å². The molecule has 15 heteroatoms. The van der Waals surface area contributed by atoms with Gasteiger partial charge in [0.05, 0.1) is 16.8 Å². The largest absolute Gasteiger partial charge is 0.416 e. The average molecular weight is 475 g/mol. The van der Waals surface area contributed by atoms with Crippen LogP contribution in [0.2, 0.25) is 5.02 Å². The van der Waals surface area contributed by atoms with Crippen LogP contribution in [0.1, 0.15) is 33.9 Å². The summed E-state index contributed by atoms with van der Waals surface area (Å²) >= 11 is 5.90. The summed E-state index contributed by atoms with van der Waals surface area (Å²) in [6, 6.07) is 0.0694. The van der Waals surface area contributed by atoms with Crippen molar-refractivity contribution in [3.63, 3.8) is 0 Å². The SMILES string of the molecule is N#CNC1=NC(c2c(Cl)cc(C(F)(F)F)cc2C(F)(F)F)c2c(nc(N)c(C#N)c2N)N1. The molecule has 1 atom stereocenters. The number of guanidine groups is 1. The van der Waals surface area contributed by atoms with Gasteiger partial charge in [-0.15, -0.1) is 0 Å². The highest BCUT2D eigenvalue weighted by Gasteiger charge is 2.43. The lowest BCUT2D eigenvalue weighted by atomic mass is 9.90. The van der Waals surface area contributed by atoms with Gasteiger partial charge in [0, 0.05) is 16.1 Å². The Morgan fingerprint density at radius 3 is 2.25 bits per heavy atom. The van der Waals surface area contributed by atoms with E-state index in [0.717, 1.165) is 0 Å². The van der Waals surface area contributed by atoms with E-state index in [1.807, 2.05) is 0 Å². The van der Waals surface area contributed by atoms with Gasteiger partial charge in [-0.05, 0) is 12.1 Å². The molecule has 32 heavy (non-hydrogen) atoms. The van der Waals surface area contributed by atoms with E-state index in [9.17, 15) is 31.6 Å². The first-order valence-corrected chi connectivity index (χ1v) is 8.64. The summed E-state index contributed by atoms with van der Waals surface area (Å²) in [4.78, 5) is 7.77. The Hall–Kier alpha value is -3.91. The summed E-state index contributed by atoms with van der Waals surface area (Å²) in [6.07, 6.45) is -8.91. The number of rotatable bonds is 1. The summed E-state index contributed by atoms with van der Waals surface area (Å²) in [5.74, 6) is -1.03. The molecule has 166 valence electrons. The number of nitrogens with two attached hydrogens (primary N) is 2. The zero-order valence-electron chi connectivity index (χ0n) is 15.3. The molecular weight excluding hydrogens is 466 g/mol. The Morgan fingerprint density at radius 1 is 1.06 bits per heavy atom. The fraction of sp³-hybridized carbons (Fsp3) is 0.176. The number of nitrogen functional groups attached to an aromatic ring is 2. The number of nitrogens with one attached hydrogen (secondary N) is 2. The van der Waals surface area contributed by atoms with Crippen molar-refractivity contribution >= 4 is 34.9 Å². The first kappa shape index (κ1) is 22.8. The lowest BCUT2D eigenvalue weighted by molar-refractivity contribution is -0.143. The van der Waals surface area contributed by atoms with E-state index in [1.54, 1.807) is 6.07 Å². The molecular formula is C17H9ClF6N8. The number of nitrogens with zero attached hydrogens (tertiary/aromatic N) is 4. The molecule has 1 aromatic carbocycles. The highest BCUT2D eigenvalue weighted by molar-refractivity contribution is 6.31. The molecule has 0 aliphatic carbocycles. The Balaban J connectivity index is 2.42. The first-order valence-electron chi connectivity index (χ1n) is 8.26. The van der Waals surface area contributed by atoms with Gasteiger partial charge in [0.25, 0.3) is 0 Å². The molecule has 1 aliphatic rings. The molecule has 6 N–H and O–H groups in total. The quantitative estimate of drug-likeness (QED) is 0.279. The second-order valence-electron chi connectivity index (χ2n) is 6.32. The van der Waals surface area contributed by atoms with Gasteiger partial charge in [-0.3, -0.25) is 5.32 Å². The molecule has 8 nitrogen and oxygen atoms in total. The van der Waals surface area contributed by atoms with Crippen molar-refractivity contribution in [3.8, 4) is 12.3 Å². The second-order valence-corrected chi connectivity index (χ2v) is 6.72. The van der Waals surface area contributed by atoms with Crippen LogP contribution in [0.15, 0.2) is 17.1 Å². The van der Waals surface area contributed by atoms with Crippen LogP contribution in [0.4, 0.5) is 43.7 Å². The van der Waals surface area contributed by atoms with Gasteiger partial charge in [0.1, 0.15) is 29.3 Å². The van der Waals surface area contributed by atoms with E-state index in [1.165, 1.54) is 6.19 Å². The number of nitriles is 2. The molecule has 1 aliphatic heterocycles. The van der Waals surface area contributed by atoms with E-state index in [2.05, 4.69) is 20.6 Å². The van der Waals surface area contributed by atoms with Gasteiger partial charge in [-0.25, -0.2) is 9.98 Å². The fourth-order valence-corrected chi connectivity index (χ4v) is 3.41. The van der Waals surface area contributed by atoms with Crippen LogP contribution in [0.25, 0.3) is 0 Å². The van der Waals surface area contributed by atoms with E-state index in [-0.39, 0.29) is 28.8 Å². The molecule has 3 rings (SSSR count). The molecule has 0 bridgehead atoms. The topological polar surface area (TPSA) is 149 Å². The van der Waals surface area contributed by atoms with Gasteiger partial charge in [0.15, 0.2) is 6.19 Å². The van der Waals surface area contributed by atoms with Crippen molar-refractivity contribution in [1.82, 2.24) is 10.3 Å². The molecule has 0 saturated heterocycles. The van der Waals surface area contributed by atoms with Gasteiger partial charge >= 0.3 is 12.4 Å². The summed E-state index contributed by atoms with van der Waals surface area (Å²) in [5, 5.41) is 21.7. The molecule has 0 amide bonds. The van der Waals surface area contributed by atoms with Crippen LogP contribution >= 0.6 is 11.6 Å². The third-order valence-electron chi connectivity index (χ3n) is 4.39. The number of benzene rings is 1. The standard InChI is InChI=1S/C17H9ClF6N8/c18-8-2-5(16(19,20)21)1-7(17(22,23)24)9(8)12-10-11(27)6(3-25)13(28)31-14(10)32-15(30-12)29-4-26/h1-2,12H,(H6,27,28,29,30,31,32). The maximum atomic E-state index is 13.8. The van der Waals surface area contributed by atoms with Crippen molar-refractivity contribution < 1.29 is 26.3 Å². The van der Waals surface area contributed by atoms with E-state index >= 15 is 0 Å². The second kappa shape index (κ2) is 7.65. The minimum Gasteiger partial charge on any atom is -0.397 e. The predicted octanol–water partition coefficient (Wildman–Crippen LogP) is 3.75. The van der Waals surface area contributed by atoms with Crippen LogP contribution in [-0.4, -0.2) is 10.9 Å². The Bertz CT molecular complexity index is 1220. The third-order valence-corrected chi connectivity index (χ3v) is 4.71. The fourth-order valence-electron chi connectivity index (χ4n) is 3.08. The lowest BCUT2D eigenvalue weighted by Gasteiger charge is -2.29. The smallest absolute Gasteiger partial charge is 0.397 e. The molecule has 0 saturated carbocycles. The Labute approximate surface area is 180 Å². The predicted molar refractivity (Wildman–Crippen MR) is 101 cm³/mol. The highest BCUT2D eigenvalue weighted by atomic mass is 35.5.